The minimum atomic E-state index is -0.891. The standard InChI is InChI=1S/C12H12N2O2/c1-14-10(6-7-13-14)8-9-4-2-3-5-11(9)12(15)16/h2-7H,8H2,1H3,(H,15,16). The van der Waals surface area contributed by atoms with Crippen molar-refractivity contribution in [1.82, 2.24) is 9.78 Å². The van der Waals surface area contributed by atoms with Gasteiger partial charge in [-0.2, -0.15) is 5.10 Å². The Morgan fingerprint density at radius 3 is 2.75 bits per heavy atom. The first-order valence-electron chi connectivity index (χ1n) is 4.96. The van der Waals surface area contributed by atoms with Crippen LogP contribution in [0, 0.1) is 0 Å². The van der Waals surface area contributed by atoms with Gasteiger partial charge >= 0.3 is 5.97 Å². The SMILES string of the molecule is Cn1nccc1Cc1ccccc1C(=O)O. The molecule has 2 rings (SSSR count). The highest BCUT2D eigenvalue weighted by molar-refractivity contribution is 5.89. The predicted octanol–water partition coefficient (Wildman–Crippen LogP) is 1.71. The lowest BCUT2D eigenvalue weighted by atomic mass is 10.0. The molecule has 0 radical (unpaired) electrons. The molecule has 0 aliphatic carbocycles. The second-order valence-electron chi connectivity index (χ2n) is 3.59. The van der Waals surface area contributed by atoms with Gasteiger partial charge < -0.3 is 5.11 Å². The van der Waals surface area contributed by atoms with E-state index in [1.165, 1.54) is 0 Å². The molecule has 0 saturated heterocycles. The van der Waals surface area contributed by atoms with Crippen molar-refractivity contribution in [3.8, 4) is 0 Å². The van der Waals surface area contributed by atoms with Crippen molar-refractivity contribution < 1.29 is 9.90 Å². The number of carboxylic acid groups (broad SMARTS) is 1. The molecule has 0 amide bonds. The minimum absolute atomic E-state index is 0.351. The van der Waals surface area contributed by atoms with E-state index in [4.69, 9.17) is 5.11 Å². The highest BCUT2D eigenvalue weighted by Crippen LogP contribution is 2.13. The number of carbonyl (C=O) groups is 1. The van der Waals surface area contributed by atoms with Gasteiger partial charge in [0.05, 0.1) is 5.56 Å². The van der Waals surface area contributed by atoms with E-state index < -0.39 is 5.97 Å². The van der Waals surface area contributed by atoms with Crippen molar-refractivity contribution in [2.75, 3.05) is 0 Å². The molecule has 0 atom stereocenters. The van der Waals surface area contributed by atoms with Crippen LogP contribution in [0.1, 0.15) is 21.6 Å². The van der Waals surface area contributed by atoms with Gasteiger partial charge in [-0.25, -0.2) is 4.79 Å². The van der Waals surface area contributed by atoms with E-state index in [-0.39, 0.29) is 0 Å². The number of nitrogens with zero attached hydrogens (tertiary/aromatic N) is 2. The van der Waals surface area contributed by atoms with Crippen LogP contribution < -0.4 is 0 Å². The van der Waals surface area contributed by atoms with E-state index in [0.29, 0.717) is 12.0 Å². The minimum Gasteiger partial charge on any atom is -0.478 e. The number of hydrogen-bond donors (Lipinski definition) is 1. The number of aryl methyl sites for hydroxylation is 1. The molecule has 0 aliphatic rings. The smallest absolute Gasteiger partial charge is 0.335 e. The summed E-state index contributed by atoms with van der Waals surface area (Å²) in [7, 11) is 1.85. The average Bonchev–Trinajstić information content (AvgIpc) is 2.65. The van der Waals surface area contributed by atoms with Gasteiger partial charge in [-0.3, -0.25) is 4.68 Å². The van der Waals surface area contributed by atoms with Gasteiger partial charge in [0.2, 0.25) is 0 Å². The molecule has 0 bridgehead atoms. The fraction of sp³-hybridized carbons (Fsp3) is 0.167. The van der Waals surface area contributed by atoms with E-state index in [9.17, 15) is 4.79 Å². The number of benzene rings is 1. The monoisotopic (exact) mass is 216 g/mol. The molecule has 1 N–H and O–H groups in total. The summed E-state index contributed by atoms with van der Waals surface area (Å²) < 4.78 is 1.75. The van der Waals surface area contributed by atoms with Gasteiger partial charge in [0.15, 0.2) is 0 Å². The van der Waals surface area contributed by atoms with E-state index in [2.05, 4.69) is 5.10 Å². The van der Waals surface area contributed by atoms with Crippen LogP contribution in [0.5, 0.6) is 0 Å². The van der Waals surface area contributed by atoms with Crippen molar-refractivity contribution >= 4 is 5.97 Å². The van der Waals surface area contributed by atoms with E-state index in [1.54, 1.807) is 23.0 Å². The quantitative estimate of drug-likeness (QED) is 0.849. The maximum absolute atomic E-state index is 11.0. The number of aromatic carboxylic acids is 1. The van der Waals surface area contributed by atoms with Crippen LogP contribution in [0.25, 0.3) is 0 Å². The Kier molecular flexibility index (Phi) is 2.72. The van der Waals surface area contributed by atoms with Crippen LogP contribution in [0.15, 0.2) is 36.5 Å². The van der Waals surface area contributed by atoms with Crippen LogP contribution in [0.4, 0.5) is 0 Å². The molecule has 2 aromatic rings. The summed E-state index contributed by atoms with van der Waals surface area (Å²) in [4.78, 5) is 11.0. The second kappa shape index (κ2) is 4.18. The molecular weight excluding hydrogens is 204 g/mol. The molecular formula is C12H12N2O2. The first kappa shape index (κ1) is 10.4. The molecule has 82 valence electrons. The normalized spacial score (nSPS) is 10.3. The van der Waals surface area contributed by atoms with E-state index in [1.807, 2.05) is 25.2 Å². The number of rotatable bonds is 3. The molecule has 0 saturated carbocycles. The Hall–Kier alpha value is -2.10. The summed E-state index contributed by atoms with van der Waals surface area (Å²) >= 11 is 0. The number of hydrogen-bond acceptors (Lipinski definition) is 2. The van der Waals surface area contributed by atoms with Crippen LogP contribution in [-0.2, 0) is 13.5 Å². The Bertz CT molecular complexity index is 517. The lowest BCUT2D eigenvalue weighted by molar-refractivity contribution is 0.0696. The Morgan fingerprint density at radius 2 is 2.12 bits per heavy atom. The zero-order chi connectivity index (χ0) is 11.5. The summed E-state index contributed by atoms with van der Waals surface area (Å²) in [5.41, 5.74) is 2.15. The molecule has 1 aromatic carbocycles. The topological polar surface area (TPSA) is 55.1 Å². The summed E-state index contributed by atoms with van der Waals surface area (Å²) in [6, 6.07) is 8.91. The fourth-order valence-corrected chi connectivity index (χ4v) is 1.65. The van der Waals surface area contributed by atoms with Gasteiger partial charge in [-0.15, -0.1) is 0 Å². The first-order chi connectivity index (χ1) is 7.68. The lowest BCUT2D eigenvalue weighted by Crippen LogP contribution is -2.05. The molecule has 0 unspecified atom stereocenters. The lowest BCUT2D eigenvalue weighted by Gasteiger charge is -2.05. The highest BCUT2D eigenvalue weighted by atomic mass is 16.4. The van der Waals surface area contributed by atoms with Crippen LogP contribution >= 0.6 is 0 Å². The molecule has 0 fully saturated rings. The van der Waals surface area contributed by atoms with Crippen molar-refractivity contribution in [2.24, 2.45) is 7.05 Å². The van der Waals surface area contributed by atoms with Crippen LogP contribution in [-0.4, -0.2) is 20.9 Å². The maximum atomic E-state index is 11.0. The summed E-state index contributed by atoms with van der Waals surface area (Å²) in [6.45, 7) is 0. The van der Waals surface area contributed by atoms with Crippen molar-refractivity contribution in [1.29, 1.82) is 0 Å². The molecule has 1 aromatic heterocycles. The third kappa shape index (κ3) is 1.95. The Balaban J connectivity index is 2.35. The summed E-state index contributed by atoms with van der Waals surface area (Å²) in [6.07, 6.45) is 2.29. The molecule has 4 nitrogen and oxygen atoms in total. The van der Waals surface area contributed by atoms with E-state index >= 15 is 0 Å². The predicted molar refractivity (Wildman–Crippen MR) is 59.4 cm³/mol. The highest BCUT2D eigenvalue weighted by Gasteiger charge is 2.10. The maximum Gasteiger partial charge on any atom is 0.335 e. The van der Waals surface area contributed by atoms with Crippen molar-refractivity contribution in [2.45, 2.75) is 6.42 Å². The third-order valence-electron chi connectivity index (χ3n) is 2.54. The van der Waals surface area contributed by atoms with Gasteiger partial charge in [0.25, 0.3) is 0 Å². The fourth-order valence-electron chi connectivity index (χ4n) is 1.65. The van der Waals surface area contributed by atoms with Crippen LogP contribution in [0.3, 0.4) is 0 Å². The first-order valence-corrected chi connectivity index (χ1v) is 4.96. The number of aromatic nitrogens is 2. The van der Waals surface area contributed by atoms with Gasteiger partial charge in [0, 0.05) is 25.4 Å². The second-order valence-corrected chi connectivity index (χ2v) is 3.59. The zero-order valence-corrected chi connectivity index (χ0v) is 8.92. The van der Waals surface area contributed by atoms with Crippen molar-refractivity contribution in [3.05, 3.63) is 53.3 Å². The average molecular weight is 216 g/mol. The third-order valence-corrected chi connectivity index (χ3v) is 2.54. The Morgan fingerprint density at radius 1 is 1.38 bits per heavy atom. The largest absolute Gasteiger partial charge is 0.478 e. The van der Waals surface area contributed by atoms with Crippen LogP contribution in [0.2, 0.25) is 0 Å². The molecule has 4 heteroatoms. The molecule has 0 aliphatic heterocycles. The molecule has 16 heavy (non-hydrogen) atoms. The van der Waals surface area contributed by atoms with Gasteiger partial charge in [-0.05, 0) is 17.7 Å². The van der Waals surface area contributed by atoms with Gasteiger partial charge in [0.1, 0.15) is 0 Å². The molecule has 0 spiro atoms. The van der Waals surface area contributed by atoms with Crippen molar-refractivity contribution in [3.63, 3.8) is 0 Å². The van der Waals surface area contributed by atoms with Gasteiger partial charge in [-0.1, -0.05) is 18.2 Å². The van der Waals surface area contributed by atoms with E-state index in [0.717, 1.165) is 11.3 Å². The zero-order valence-electron chi connectivity index (χ0n) is 8.92. The summed E-state index contributed by atoms with van der Waals surface area (Å²) in [5, 5.41) is 13.1. The summed E-state index contributed by atoms with van der Waals surface area (Å²) in [5.74, 6) is -0.891. The molecule has 1 heterocycles. The Labute approximate surface area is 93.1 Å². The number of carboxylic acids is 1.